The van der Waals surface area contributed by atoms with Crippen molar-refractivity contribution in [1.29, 1.82) is 0 Å². The summed E-state index contributed by atoms with van der Waals surface area (Å²) < 4.78 is 11.4. The summed E-state index contributed by atoms with van der Waals surface area (Å²) >= 11 is 1.72. The predicted molar refractivity (Wildman–Crippen MR) is 119 cm³/mol. The van der Waals surface area contributed by atoms with Crippen LogP contribution in [0.3, 0.4) is 0 Å². The quantitative estimate of drug-likeness (QED) is 0.152. The molecule has 2 aliphatic heterocycles. The molecule has 3 N–H and O–H groups in total. The second-order valence-corrected chi connectivity index (χ2v) is 8.51. The van der Waals surface area contributed by atoms with Crippen molar-refractivity contribution in [2.24, 2.45) is 10.8 Å². The fourth-order valence-electron chi connectivity index (χ4n) is 3.72. The molecule has 0 spiro atoms. The molecule has 168 valence electrons. The third-order valence-corrected chi connectivity index (χ3v) is 6.37. The monoisotopic (exact) mass is 438 g/mol. The molecule has 1 aliphatic carbocycles. The van der Waals surface area contributed by atoms with Gasteiger partial charge in [0.15, 0.2) is 6.23 Å². The molecule has 0 bridgehead atoms. The maximum atomic E-state index is 10.5. The minimum atomic E-state index is -0.218. The summed E-state index contributed by atoms with van der Waals surface area (Å²) in [6.45, 7) is 4.71. The average Bonchev–Trinajstić information content (AvgIpc) is 3.25. The topological polar surface area (TPSA) is 95.7 Å². The lowest BCUT2D eigenvalue weighted by molar-refractivity contribution is -0.108. The van der Waals surface area contributed by atoms with E-state index in [1.165, 1.54) is 0 Å². The number of hydrogen-bond donors (Lipinski definition) is 2. The standard InChI is InChI=1S/C20H34N6O3S/c1-28-15-18(29-17-7-3-2-4-8-17)23-25-12-10-24(11-13-25)20-19(22-16-30-20)26(21)9-5-6-14-27/h3,7-8,14,16,18-20,23H,2,4-6,9-13,15,21H2,1H3/t18-,19?,20?/m1/s1. The van der Waals surface area contributed by atoms with Crippen LogP contribution >= 0.6 is 11.8 Å². The summed E-state index contributed by atoms with van der Waals surface area (Å²) in [6.07, 6.45) is 10.3. The summed E-state index contributed by atoms with van der Waals surface area (Å²) in [7, 11) is 1.69. The van der Waals surface area contributed by atoms with E-state index in [4.69, 9.17) is 15.3 Å². The molecular formula is C20H34N6O3S. The van der Waals surface area contributed by atoms with Crippen molar-refractivity contribution < 1.29 is 14.3 Å². The molecule has 3 atom stereocenters. The average molecular weight is 439 g/mol. The Balaban J connectivity index is 1.45. The molecule has 0 radical (unpaired) electrons. The van der Waals surface area contributed by atoms with Gasteiger partial charge in [0.1, 0.15) is 18.2 Å². The molecule has 1 fully saturated rings. The summed E-state index contributed by atoms with van der Waals surface area (Å²) in [5, 5.41) is 4.17. The van der Waals surface area contributed by atoms with Gasteiger partial charge in [-0.1, -0.05) is 17.8 Å². The van der Waals surface area contributed by atoms with Crippen molar-refractivity contribution >= 4 is 23.6 Å². The van der Waals surface area contributed by atoms with Crippen LogP contribution in [-0.4, -0.2) is 91.0 Å². The Labute approximate surface area is 183 Å². The van der Waals surface area contributed by atoms with Gasteiger partial charge in [-0.05, 0) is 31.4 Å². The molecule has 3 aliphatic rings. The highest BCUT2D eigenvalue weighted by Crippen LogP contribution is 2.27. The van der Waals surface area contributed by atoms with Gasteiger partial charge in [-0.3, -0.25) is 15.7 Å². The molecule has 0 aromatic heterocycles. The van der Waals surface area contributed by atoms with E-state index < -0.39 is 0 Å². The number of hydrogen-bond acceptors (Lipinski definition) is 10. The van der Waals surface area contributed by atoms with Crippen molar-refractivity contribution in [1.82, 2.24) is 20.3 Å². The summed E-state index contributed by atoms with van der Waals surface area (Å²) in [5.74, 6) is 7.13. The molecule has 3 rings (SSSR count). The molecule has 2 heterocycles. The Morgan fingerprint density at radius 1 is 1.40 bits per heavy atom. The molecule has 1 saturated heterocycles. The third kappa shape index (κ3) is 6.88. The lowest BCUT2D eigenvalue weighted by atomic mass is 10.2. The van der Waals surface area contributed by atoms with E-state index >= 15 is 0 Å². The second kappa shape index (κ2) is 12.6. The number of carbonyl (C=O) groups is 1. The first-order chi connectivity index (χ1) is 14.7. The zero-order chi connectivity index (χ0) is 21.2. The van der Waals surface area contributed by atoms with E-state index in [1.807, 2.05) is 11.6 Å². The van der Waals surface area contributed by atoms with Gasteiger partial charge in [-0.25, -0.2) is 15.4 Å². The largest absolute Gasteiger partial charge is 0.472 e. The Morgan fingerprint density at radius 2 is 2.23 bits per heavy atom. The number of thioether (sulfide) groups is 1. The SMILES string of the molecule is COC[C@H](NN1CCN(C2SC=NC2N(N)CCCC=O)CC1)OC1=CCCC=C1. The number of aldehydes is 1. The smallest absolute Gasteiger partial charge is 0.186 e. The minimum absolute atomic E-state index is 0.0734. The zero-order valence-electron chi connectivity index (χ0n) is 17.7. The van der Waals surface area contributed by atoms with E-state index in [1.54, 1.807) is 23.9 Å². The Bertz CT molecular complexity index is 624. The highest BCUT2D eigenvalue weighted by molar-refractivity contribution is 8.12. The van der Waals surface area contributed by atoms with Gasteiger partial charge < -0.3 is 14.3 Å². The number of unbranched alkanes of at least 4 members (excludes halogenated alkanes) is 1. The number of allylic oxidation sites excluding steroid dienone is 3. The molecule has 30 heavy (non-hydrogen) atoms. The summed E-state index contributed by atoms with van der Waals surface area (Å²) in [6, 6.07) is 0. The highest BCUT2D eigenvalue weighted by atomic mass is 32.2. The number of nitrogens with two attached hydrogens (primary N) is 1. The third-order valence-electron chi connectivity index (χ3n) is 5.31. The number of methoxy groups -OCH3 is 1. The molecule has 2 unspecified atom stereocenters. The van der Waals surface area contributed by atoms with Crippen molar-refractivity contribution in [3.63, 3.8) is 0 Å². The molecule has 0 amide bonds. The summed E-state index contributed by atoms with van der Waals surface area (Å²) in [5.41, 5.74) is 5.36. The fourth-order valence-corrected chi connectivity index (χ4v) is 4.79. The van der Waals surface area contributed by atoms with Gasteiger partial charge in [-0.2, -0.15) is 0 Å². The summed E-state index contributed by atoms with van der Waals surface area (Å²) in [4.78, 5) is 17.5. The first kappa shape index (κ1) is 23.4. The van der Waals surface area contributed by atoms with Crippen LogP contribution in [0, 0.1) is 0 Å². The number of aliphatic imine (C=N–C) groups is 1. The second-order valence-electron chi connectivity index (χ2n) is 7.54. The van der Waals surface area contributed by atoms with Crippen LogP contribution in [0.4, 0.5) is 0 Å². The molecular weight excluding hydrogens is 404 g/mol. The van der Waals surface area contributed by atoms with Crippen LogP contribution in [-0.2, 0) is 14.3 Å². The molecule has 0 aromatic carbocycles. The minimum Gasteiger partial charge on any atom is -0.472 e. The van der Waals surface area contributed by atoms with Crippen LogP contribution in [0.15, 0.2) is 29.0 Å². The fraction of sp³-hybridized carbons (Fsp3) is 0.700. The van der Waals surface area contributed by atoms with Gasteiger partial charge >= 0.3 is 0 Å². The number of rotatable bonds is 12. The van der Waals surface area contributed by atoms with Crippen LogP contribution < -0.4 is 11.3 Å². The van der Waals surface area contributed by atoms with Crippen molar-refractivity contribution in [2.75, 3.05) is 46.4 Å². The lowest BCUT2D eigenvalue weighted by Gasteiger charge is -2.41. The number of nitrogens with zero attached hydrogens (tertiary/aromatic N) is 4. The van der Waals surface area contributed by atoms with Gasteiger partial charge in [-0.15, -0.1) is 0 Å². The number of nitrogens with one attached hydrogen (secondary N) is 1. The highest BCUT2D eigenvalue weighted by Gasteiger charge is 2.35. The maximum absolute atomic E-state index is 10.5. The number of ether oxygens (including phenoxy) is 2. The lowest BCUT2D eigenvalue weighted by Crippen LogP contribution is -2.60. The van der Waals surface area contributed by atoms with Crippen LogP contribution in [0.1, 0.15) is 25.7 Å². The van der Waals surface area contributed by atoms with E-state index in [2.05, 4.69) is 32.5 Å². The first-order valence-electron chi connectivity index (χ1n) is 10.6. The van der Waals surface area contributed by atoms with Gasteiger partial charge in [0, 0.05) is 46.3 Å². The number of hydrazine groups is 2. The van der Waals surface area contributed by atoms with E-state index in [-0.39, 0.29) is 17.8 Å². The molecule has 10 heteroatoms. The number of carbonyl (C=O) groups excluding carboxylic acids is 1. The van der Waals surface area contributed by atoms with Crippen LogP contribution in [0.25, 0.3) is 0 Å². The number of piperazine rings is 1. The predicted octanol–water partition coefficient (Wildman–Crippen LogP) is 0.914. The maximum Gasteiger partial charge on any atom is 0.186 e. The van der Waals surface area contributed by atoms with Crippen molar-refractivity contribution in [3.05, 3.63) is 24.0 Å². The van der Waals surface area contributed by atoms with E-state index in [9.17, 15) is 4.79 Å². The first-order valence-corrected chi connectivity index (χ1v) is 11.5. The Kier molecular flexibility index (Phi) is 9.79. The molecule has 9 nitrogen and oxygen atoms in total. The van der Waals surface area contributed by atoms with Crippen LogP contribution in [0.5, 0.6) is 0 Å². The van der Waals surface area contributed by atoms with Crippen molar-refractivity contribution in [3.8, 4) is 0 Å². The van der Waals surface area contributed by atoms with Gasteiger partial charge in [0.05, 0.1) is 17.5 Å². The van der Waals surface area contributed by atoms with E-state index in [0.717, 1.165) is 57.5 Å². The van der Waals surface area contributed by atoms with E-state index in [0.29, 0.717) is 19.6 Å². The Morgan fingerprint density at radius 3 is 2.93 bits per heavy atom. The zero-order valence-corrected chi connectivity index (χ0v) is 18.5. The van der Waals surface area contributed by atoms with Crippen LogP contribution in [0.2, 0.25) is 0 Å². The van der Waals surface area contributed by atoms with Crippen molar-refractivity contribution in [2.45, 2.75) is 43.5 Å². The molecule has 0 saturated carbocycles. The Hall–Kier alpha value is -1.27. The van der Waals surface area contributed by atoms with Gasteiger partial charge in [0.2, 0.25) is 0 Å². The normalized spacial score (nSPS) is 26.2. The molecule has 0 aromatic rings. The van der Waals surface area contributed by atoms with Gasteiger partial charge in [0.25, 0.3) is 0 Å².